The zero-order valence-corrected chi connectivity index (χ0v) is 7.07. The molecule has 1 nitrogen and oxygen atoms in total. The van der Waals surface area contributed by atoms with Gasteiger partial charge in [0.25, 0.3) is 0 Å². The molecule has 0 saturated heterocycles. The molecule has 0 aliphatic carbocycles. The molecule has 0 aliphatic heterocycles. The average molecular weight is 129 g/mol. The third-order valence-electron chi connectivity index (χ3n) is 0.289. The highest BCUT2D eigenvalue weighted by Gasteiger charge is 1.95. The van der Waals surface area contributed by atoms with Crippen LogP contribution in [0.2, 0.25) is 0 Å². The Bertz CT molecular complexity index is 53.5. The minimum Gasteiger partial charge on any atom is -0.326 e. The second-order valence-corrected chi connectivity index (χ2v) is 3.06. The van der Waals surface area contributed by atoms with Crippen molar-refractivity contribution in [2.45, 2.75) is 39.7 Å². The molecule has 0 aliphatic rings. The molecular weight excluding hydrogens is 110 g/mol. The lowest BCUT2D eigenvalue weighted by molar-refractivity contribution is 0.580. The second-order valence-electron chi connectivity index (χ2n) is 3.06. The summed E-state index contributed by atoms with van der Waals surface area (Å²) in [7, 11) is 0. The van der Waals surface area contributed by atoms with E-state index >= 15 is 0 Å². The van der Waals surface area contributed by atoms with Crippen LogP contribution in [-0.2, 0) is 0 Å². The minimum atomic E-state index is 0. The van der Waals surface area contributed by atoms with Crippen LogP contribution in [-0.4, -0.2) is 5.54 Å². The van der Waals surface area contributed by atoms with Gasteiger partial charge in [-0.1, -0.05) is 13.0 Å². The Hall–Kier alpha value is -0.300. The van der Waals surface area contributed by atoms with Crippen molar-refractivity contribution in [3.63, 3.8) is 0 Å². The number of rotatable bonds is 1. The summed E-state index contributed by atoms with van der Waals surface area (Å²) < 4.78 is 0. The predicted molar refractivity (Wildman–Crippen MR) is 44.4 cm³/mol. The number of nitrogens with two attached hydrogens (primary N) is 1. The monoisotopic (exact) mass is 129 g/mol. The van der Waals surface area contributed by atoms with E-state index in [9.17, 15) is 0 Å². The smallest absolute Gasteiger partial charge is 0.00686 e. The molecule has 0 fully saturated rings. The van der Waals surface area contributed by atoms with Gasteiger partial charge in [-0.15, -0.1) is 6.58 Å². The summed E-state index contributed by atoms with van der Waals surface area (Å²) in [5.41, 5.74) is 5.35. The van der Waals surface area contributed by atoms with E-state index in [2.05, 4.69) is 13.5 Å². The first kappa shape index (κ1) is 11.5. The number of hydrogen-bond acceptors (Lipinski definition) is 1. The first-order valence-corrected chi connectivity index (χ1v) is 3.31. The van der Waals surface area contributed by atoms with Crippen LogP contribution < -0.4 is 5.73 Å². The van der Waals surface area contributed by atoms with Crippen LogP contribution in [0.4, 0.5) is 0 Å². The molecule has 0 amide bonds. The highest BCUT2D eigenvalue weighted by atomic mass is 14.7. The summed E-state index contributed by atoms with van der Waals surface area (Å²) in [6.07, 6.45) is 2.96. The van der Waals surface area contributed by atoms with Gasteiger partial charge in [0.15, 0.2) is 0 Å². The van der Waals surface area contributed by atoms with Crippen LogP contribution in [0.5, 0.6) is 0 Å². The summed E-state index contributed by atoms with van der Waals surface area (Å²) in [6.45, 7) is 11.4. The summed E-state index contributed by atoms with van der Waals surface area (Å²) in [4.78, 5) is 0. The Morgan fingerprint density at radius 2 is 1.56 bits per heavy atom. The Morgan fingerprint density at radius 1 is 1.44 bits per heavy atom. The van der Waals surface area contributed by atoms with E-state index in [1.807, 2.05) is 26.8 Å². The fraction of sp³-hybridized carbons (Fsp3) is 0.750. The minimum absolute atomic E-state index is 0. The van der Waals surface area contributed by atoms with Crippen LogP contribution in [0.3, 0.4) is 0 Å². The zero-order chi connectivity index (χ0) is 7.91. The molecular formula is C8H19N. The van der Waals surface area contributed by atoms with Gasteiger partial charge in [0, 0.05) is 5.54 Å². The fourth-order valence-corrected chi connectivity index (χ4v) is 0. The molecule has 0 bridgehead atoms. The first-order chi connectivity index (χ1) is 3.91. The molecule has 0 aromatic carbocycles. The molecule has 0 aromatic rings. The molecule has 2 N–H and O–H groups in total. The normalized spacial score (nSPS) is 9.44. The summed E-state index contributed by atoms with van der Waals surface area (Å²) in [5.74, 6) is 0. The van der Waals surface area contributed by atoms with Crippen LogP contribution in [0.1, 0.15) is 34.1 Å². The van der Waals surface area contributed by atoms with Crippen molar-refractivity contribution in [2.24, 2.45) is 5.73 Å². The molecule has 0 saturated carbocycles. The lowest BCUT2D eigenvalue weighted by atomic mass is 10.1. The number of allylic oxidation sites excluding steroid dienone is 1. The fourth-order valence-electron chi connectivity index (χ4n) is 0. The SMILES string of the molecule is C=CCC.CC(C)(C)N. The molecule has 56 valence electrons. The second kappa shape index (κ2) is 5.83. The highest BCUT2D eigenvalue weighted by Crippen LogP contribution is 1.88. The van der Waals surface area contributed by atoms with Crippen LogP contribution >= 0.6 is 0 Å². The molecule has 0 rings (SSSR count). The zero-order valence-electron chi connectivity index (χ0n) is 7.07. The predicted octanol–water partition coefficient (Wildman–Crippen LogP) is 2.33. The quantitative estimate of drug-likeness (QED) is 0.540. The summed E-state index contributed by atoms with van der Waals surface area (Å²) in [6, 6.07) is 0. The van der Waals surface area contributed by atoms with E-state index in [0.717, 1.165) is 6.42 Å². The van der Waals surface area contributed by atoms with Gasteiger partial charge in [-0.05, 0) is 27.2 Å². The van der Waals surface area contributed by atoms with Crippen molar-refractivity contribution in [3.05, 3.63) is 12.7 Å². The van der Waals surface area contributed by atoms with Crippen LogP contribution in [0.15, 0.2) is 12.7 Å². The van der Waals surface area contributed by atoms with Gasteiger partial charge in [-0.2, -0.15) is 0 Å². The lowest BCUT2D eigenvalue weighted by Crippen LogP contribution is -2.26. The van der Waals surface area contributed by atoms with Crippen molar-refractivity contribution < 1.29 is 0 Å². The molecule has 0 radical (unpaired) electrons. The third kappa shape index (κ3) is 511. The topological polar surface area (TPSA) is 26.0 Å². The Morgan fingerprint density at radius 3 is 1.56 bits per heavy atom. The van der Waals surface area contributed by atoms with Gasteiger partial charge in [0.2, 0.25) is 0 Å². The maximum atomic E-state index is 5.35. The molecule has 9 heavy (non-hydrogen) atoms. The van der Waals surface area contributed by atoms with Gasteiger partial charge >= 0.3 is 0 Å². The average Bonchev–Trinajstić information content (AvgIpc) is 1.61. The van der Waals surface area contributed by atoms with Crippen molar-refractivity contribution in [3.8, 4) is 0 Å². The maximum absolute atomic E-state index is 5.35. The van der Waals surface area contributed by atoms with Crippen LogP contribution in [0.25, 0.3) is 0 Å². The van der Waals surface area contributed by atoms with Gasteiger partial charge in [-0.25, -0.2) is 0 Å². The maximum Gasteiger partial charge on any atom is 0.00686 e. The first-order valence-electron chi connectivity index (χ1n) is 3.31. The highest BCUT2D eigenvalue weighted by molar-refractivity contribution is 4.60. The summed E-state index contributed by atoms with van der Waals surface area (Å²) >= 11 is 0. The van der Waals surface area contributed by atoms with E-state index < -0.39 is 0 Å². The molecule has 0 atom stereocenters. The molecule has 0 aromatic heterocycles. The Kier molecular flexibility index (Phi) is 7.44. The van der Waals surface area contributed by atoms with Crippen molar-refractivity contribution in [1.82, 2.24) is 0 Å². The van der Waals surface area contributed by atoms with Gasteiger partial charge in [0.05, 0.1) is 0 Å². The van der Waals surface area contributed by atoms with Crippen molar-refractivity contribution >= 4 is 0 Å². The molecule has 0 heterocycles. The van der Waals surface area contributed by atoms with E-state index in [0.29, 0.717) is 0 Å². The van der Waals surface area contributed by atoms with Crippen LogP contribution in [0, 0.1) is 0 Å². The van der Waals surface area contributed by atoms with Crippen molar-refractivity contribution in [1.29, 1.82) is 0 Å². The van der Waals surface area contributed by atoms with Gasteiger partial charge in [0.1, 0.15) is 0 Å². The molecule has 0 unspecified atom stereocenters. The molecule has 1 heteroatoms. The third-order valence-corrected chi connectivity index (χ3v) is 0.289. The van der Waals surface area contributed by atoms with E-state index in [1.165, 1.54) is 0 Å². The Balaban J connectivity index is 0. The van der Waals surface area contributed by atoms with Crippen molar-refractivity contribution in [2.75, 3.05) is 0 Å². The van der Waals surface area contributed by atoms with E-state index in [-0.39, 0.29) is 5.54 Å². The lowest BCUT2D eigenvalue weighted by Gasteiger charge is -2.06. The number of hydrogen-bond donors (Lipinski definition) is 1. The molecule has 0 spiro atoms. The Labute approximate surface area is 58.9 Å². The van der Waals surface area contributed by atoms with E-state index in [1.54, 1.807) is 0 Å². The van der Waals surface area contributed by atoms with Gasteiger partial charge < -0.3 is 5.73 Å². The van der Waals surface area contributed by atoms with E-state index in [4.69, 9.17) is 5.73 Å². The largest absolute Gasteiger partial charge is 0.326 e. The standard InChI is InChI=1S/C4H11N.C4H8/c1-4(2,3)5;1-3-4-2/h5H2,1-3H3;3H,1,4H2,2H3. The summed E-state index contributed by atoms with van der Waals surface area (Å²) in [5, 5.41) is 0. The van der Waals surface area contributed by atoms with Gasteiger partial charge in [-0.3, -0.25) is 0 Å².